The summed E-state index contributed by atoms with van der Waals surface area (Å²) in [5.74, 6) is 0.368. The summed E-state index contributed by atoms with van der Waals surface area (Å²) in [5.41, 5.74) is 0.775. The lowest BCUT2D eigenvalue weighted by molar-refractivity contribution is -0.697. The van der Waals surface area contributed by atoms with Crippen molar-refractivity contribution < 1.29 is 24.6 Å². The van der Waals surface area contributed by atoms with Gasteiger partial charge in [0.15, 0.2) is 17.1 Å². The normalized spacial score (nSPS) is 13.0. The average molecular weight is 430 g/mol. The number of benzene rings is 1. The van der Waals surface area contributed by atoms with Crippen molar-refractivity contribution in [2.75, 3.05) is 11.9 Å². The summed E-state index contributed by atoms with van der Waals surface area (Å²) >= 11 is 0. The number of hydrogen-bond donors (Lipinski definition) is 3. The zero-order chi connectivity index (χ0) is 23.2. The molecule has 168 valence electrons. The number of hydrogen-bond acceptors (Lipinski definition) is 5. The van der Waals surface area contributed by atoms with Gasteiger partial charge in [0.05, 0.1) is 17.7 Å². The van der Waals surface area contributed by atoms with Gasteiger partial charge >= 0.3 is 6.03 Å². The SMILES string of the molecule is C=C/C=C\C(C(C)C)=[N+](\O)C(=O)Nc1cc2cn(CCC(C)(C)O)nc2cc1OCC. The van der Waals surface area contributed by atoms with E-state index < -0.39 is 11.6 Å². The zero-order valence-corrected chi connectivity index (χ0v) is 18.9. The first kappa shape index (κ1) is 24.1. The summed E-state index contributed by atoms with van der Waals surface area (Å²) < 4.78 is 8.04. The molecular formula is C23H33N4O4+. The molecule has 2 amide bonds. The van der Waals surface area contributed by atoms with E-state index >= 15 is 0 Å². The quantitative estimate of drug-likeness (QED) is 0.137. The molecule has 3 N–H and O–H groups in total. The van der Waals surface area contributed by atoms with E-state index in [0.717, 1.165) is 5.39 Å². The van der Waals surface area contributed by atoms with Crippen LogP contribution in [0.4, 0.5) is 10.5 Å². The first-order chi connectivity index (χ1) is 14.6. The Morgan fingerprint density at radius 1 is 1.42 bits per heavy atom. The number of aliphatic hydroxyl groups is 1. The number of rotatable bonds is 9. The number of allylic oxidation sites excluding steroid dienone is 3. The number of urea groups is 1. The molecule has 0 bridgehead atoms. The molecule has 0 spiro atoms. The standard InChI is InChI=1S/C23H32N4O4/c1-7-9-10-20(16(3)4)27(30)22(28)24-19-13-17-15-26(12-11-23(5,6)29)25-18(17)14-21(19)31-8-2/h7,9-10,13-16,29H,1,8,11-12H2,2-6H3,(H-,24,28,30)/p+1/b10-9-,27-20-. The maximum atomic E-state index is 12.7. The van der Waals surface area contributed by atoms with Gasteiger partial charge in [-0.2, -0.15) is 15.2 Å². The van der Waals surface area contributed by atoms with Crippen LogP contribution in [-0.4, -0.2) is 48.8 Å². The van der Waals surface area contributed by atoms with Crippen LogP contribution in [-0.2, 0) is 6.54 Å². The molecule has 0 fully saturated rings. The number of amides is 2. The van der Waals surface area contributed by atoms with Crippen LogP contribution in [0.25, 0.3) is 10.9 Å². The molecule has 31 heavy (non-hydrogen) atoms. The average Bonchev–Trinajstić information content (AvgIpc) is 3.08. The number of nitrogens with one attached hydrogen (secondary N) is 1. The summed E-state index contributed by atoms with van der Waals surface area (Å²) in [6, 6.07) is 2.81. The number of carbonyl (C=O) groups is 1. The summed E-state index contributed by atoms with van der Waals surface area (Å²) in [6.45, 7) is 13.7. The van der Waals surface area contributed by atoms with Crippen LogP contribution in [0.1, 0.15) is 41.0 Å². The van der Waals surface area contributed by atoms with Gasteiger partial charge in [0.25, 0.3) is 0 Å². The topological polar surface area (TPSA) is 99.6 Å². The molecule has 0 aliphatic carbocycles. The molecule has 0 saturated carbocycles. The van der Waals surface area contributed by atoms with Crippen molar-refractivity contribution in [3.63, 3.8) is 0 Å². The third-order valence-corrected chi connectivity index (χ3v) is 4.58. The van der Waals surface area contributed by atoms with Gasteiger partial charge in [-0.3, -0.25) is 4.68 Å². The van der Waals surface area contributed by atoms with Gasteiger partial charge in [0, 0.05) is 30.1 Å². The van der Waals surface area contributed by atoms with E-state index in [9.17, 15) is 15.1 Å². The summed E-state index contributed by atoms with van der Waals surface area (Å²) in [4.78, 5) is 12.7. The number of anilines is 1. The van der Waals surface area contributed by atoms with Crippen molar-refractivity contribution in [2.24, 2.45) is 5.92 Å². The Kier molecular flexibility index (Phi) is 7.99. The molecule has 0 atom stereocenters. The Balaban J connectivity index is 2.38. The lowest BCUT2D eigenvalue weighted by Crippen LogP contribution is -2.31. The highest BCUT2D eigenvalue weighted by molar-refractivity contribution is 5.98. The first-order valence-corrected chi connectivity index (χ1v) is 10.4. The molecule has 0 radical (unpaired) electrons. The third-order valence-electron chi connectivity index (χ3n) is 4.58. The minimum absolute atomic E-state index is 0.0881. The molecule has 1 heterocycles. The predicted molar refractivity (Wildman–Crippen MR) is 122 cm³/mol. The van der Waals surface area contributed by atoms with E-state index in [1.54, 1.807) is 48.9 Å². The van der Waals surface area contributed by atoms with E-state index in [2.05, 4.69) is 17.0 Å². The van der Waals surface area contributed by atoms with E-state index in [1.807, 2.05) is 27.0 Å². The van der Waals surface area contributed by atoms with Gasteiger partial charge in [-0.1, -0.05) is 32.6 Å². The van der Waals surface area contributed by atoms with E-state index in [-0.39, 0.29) is 5.92 Å². The highest BCUT2D eigenvalue weighted by atomic mass is 16.5. The fourth-order valence-electron chi connectivity index (χ4n) is 2.94. The van der Waals surface area contributed by atoms with Gasteiger partial charge in [0.2, 0.25) is 0 Å². The molecule has 1 aromatic carbocycles. The molecule has 8 nitrogen and oxygen atoms in total. The number of fused-ring (bicyclic) bond motifs is 1. The number of nitrogens with zero attached hydrogens (tertiary/aromatic N) is 3. The number of aromatic nitrogens is 2. The lowest BCUT2D eigenvalue weighted by atomic mass is 10.1. The van der Waals surface area contributed by atoms with Crippen LogP contribution in [0.15, 0.2) is 43.1 Å². The Hall–Kier alpha value is -3.13. The van der Waals surface area contributed by atoms with Crippen molar-refractivity contribution in [1.82, 2.24) is 9.78 Å². The molecule has 0 aliphatic heterocycles. The number of ether oxygens (including phenoxy) is 1. The molecule has 2 aromatic rings. The highest BCUT2D eigenvalue weighted by Crippen LogP contribution is 2.30. The van der Waals surface area contributed by atoms with Crippen molar-refractivity contribution in [3.05, 3.63) is 43.1 Å². The maximum absolute atomic E-state index is 12.7. The summed E-state index contributed by atoms with van der Waals surface area (Å²) in [5, 5.41) is 28.4. The minimum atomic E-state index is -0.789. The highest BCUT2D eigenvalue weighted by Gasteiger charge is 2.25. The molecule has 0 unspecified atom stereocenters. The van der Waals surface area contributed by atoms with Crippen LogP contribution in [0.2, 0.25) is 0 Å². The van der Waals surface area contributed by atoms with Crippen molar-refractivity contribution in [1.29, 1.82) is 0 Å². The van der Waals surface area contributed by atoms with Crippen LogP contribution in [0.5, 0.6) is 5.75 Å². The minimum Gasteiger partial charge on any atom is -0.489 e. The van der Waals surface area contributed by atoms with Crippen molar-refractivity contribution in [3.8, 4) is 5.75 Å². The Morgan fingerprint density at radius 2 is 2.13 bits per heavy atom. The lowest BCUT2D eigenvalue weighted by Gasteiger charge is -2.16. The molecule has 0 saturated heterocycles. The Labute approximate surface area is 183 Å². The second kappa shape index (κ2) is 10.3. The Morgan fingerprint density at radius 3 is 2.71 bits per heavy atom. The molecular weight excluding hydrogens is 396 g/mol. The number of aryl methyl sites for hydroxylation is 1. The van der Waals surface area contributed by atoms with E-state index in [1.165, 1.54) is 0 Å². The monoisotopic (exact) mass is 429 g/mol. The molecule has 8 heteroatoms. The Bertz CT molecular complexity index is 997. The maximum Gasteiger partial charge on any atom is 0.535 e. The number of carbonyl (C=O) groups excluding carboxylic acids is 1. The molecule has 0 aliphatic rings. The second-order valence-electron chi connectivity index (χ2n) is 8.21. The fraction of sp³-hybridized carbons (Fsp3) is 0.435. The van der Waals surface area contributed by atoms with Gasteiger partial charge in [0.1, 0.15) is 0 Å². The first-order valence-electron chi connectivity index (χ1n) is 10.4. The van der Waals surface area contributed by atoms with Crippen LogP contribution in [0, 0.1) is 5.92 Å². The van der Waals surface area contributed by atoms with Gasteiger partial charge in [-0.05, 0) is 44.1 Å². The fourth-order valence-corrected chi connectivity index (χ4v) is 2.94. The smallest absolute Gasteiger partial charge is 0.489 e. The molecule has 1 aromatic heterocycles. The summed E-state index contributed by atoms with van der Waals surface area (Å²) in [6.07, 6.45) is 7.27. The van der Waals surface area contributed by atoms with Gasteiger partial charge < -0.3 is 15.1 Å². The van der Waals surface area contributed by atoms with Crippen molar-refractivity contribution >= 4 is 28.3 Å². The molecule has 2 rings (SSSR count). The van der Waals surface area contributed by atoms with Crippen LogP contribution >= 0.6 is 0 Å². The van der Waals surface area contributed by atoms with E-state index in [0.29, 0.717) is 47.0 Å². The zero-order valence-electron chi connectivity index (χ0n) is 18.9. The summed E-state index contributed by atoms with van der Waals surface area (Å²) in [7, 11) is 0. The van der Waals surface area contributed by atoms with Gasteiger partial charge in [-0.15, -0.1) is 0 Å². The number of hydroxylamine groups is 1. The van der Waals surface area contributed by atoms with Crippen LogP contribution < -0.4 is 10.1 Å². The third kappa shape index (κ3) is 6.68. The van der Waals surface area contributed by atoms with Crippen molar-refractivity contribution in [2.45, 2.75) is 53.2 Å². The van der Waals surface area contributed by atoms with E-state index in [4.69, 9.17) is 4.74 Å². The predicted octanol–water partition coefficient (Wildman–Crippen LogP) is 4.37. The largest absolute Gasteiger partial charge is 0.535 e. The van der Waals surface area contributed by atoms with Gasteiger partial charge in [-0.25, -0.2) is 0 Å². The second-order valence-corrected chi connectivity index (χ2v) is 8.21. The van der Waals surface area contributed by atoms with Crippen LogP contribution in [0.3, 0.4) is 0 Å².